The molecule has 0 aliphatic carbocycles. The molecule has 1 amide bonds. The molecule has 1 unspecified atom stereocenters. The minimum atomic E-state index is -0.888. The lowest BCUT2D eigenvalue weighted by molar-refractivity contribution is -0.149. The number of ether oxygens (including phenoxy) is 3. The number of amides is 1. The summed E-state index contributed by atoms with van der Waals surface area (Å²) in [5.74, 6) is 2.36. The van der Waals surface area contributed by atoms with Gasteiger partial charge in [0, 0.05) is 16.8 Å². The van der Waals surface area contributed by atoms with E-state index >= 15 is 0 Å². The van der Waals surface area contributed by atoms with Gasteiger partial charge in [-0.3, -0.25) is 9.59 Å². The van der Waals surface area contributed by atoms with Gasteiger partial charge < -0.3 is 24.8 Å². The highest BCUT2D eigenvalue weighted by Crippen LogP contribution is 2.47. The summed E-state index contributed by atoms with van der Waals surface area (Å²) in [6.45, 7) is 20.7. The zero-order valence-electron chi connectivity index (χ0n) is 40.8. The third-order valence-corrected chi connectivity index (χ3v) is 14.6. The summed E-state index contributed by atoms with van der Waals surface area (Å²) in [4.78, 5) is 27.3. The highest BCUT2D eigenvalue weighted by Gasteiger charge is 2.51. The fourth-order valence-electron chi connectivity index (χ4n) is 8.93. The number of hydrogen-bond acceptors (Lipinski definition) is 6. The van der Waals surface area contributed by atoms with Crippen molar-refractivity contribution in [3.8, 4) is 23.0 Å². The van der Waals surface area contributed by atoms with Crippen molar-refractivity contribution in [3.63, 3.8) is 0 Å². The van der Waals surface area contributed by atoms with Crippen LogP contribution in [0.5, 0.6) is 23.0 Å². The van der Waals surface area contributed by atoms with Gasteiger partial charge >= 0.3 is 5.97 Å². The third-order valence-electron chi connectivity index (χ3n) is 14.6. The molecule has 0 aromatic heterocycles. The van der Waals surface area contributed by atoms with E-state index in [1.807, 2.05) is 100 Å². The van der Waals surface area contributed by atoms with Crippen LogP contribution in [0.3, 0.4) is 0 Å². The smallest absolute Gasteiger partial charge is 0.319 e. The van der Waals surface area contributed by atoms with Gasteiger partial charge in [0.25, 0.3) is 0 Å². The van der Waals surface area contributed by atoms with Gasteiger partial charge in [0.2, 0.25) is 5.91 Å². The number of rotatable bonds is 21. The van der Waals surface area contributed by atoms with Gasteiger partial charge in [0.1, 0.15) is 28.6 Å². The molecule has 6 aromatic rings. The quantitative estimate of drug-likeness (QED) is 0.0425. The standard InChI is InChI=1S/C59H70N2O5/c1-11-55(7,8)53(62)60-47-31-39-49(40-32-47)64-50-41-33-48(34-42-50)61-58(15-5,16-6)57(10,14-4)54(63)65-51-35-27-45(28-36-51)59(43-23-19-17-20-24-43,44-25-21-18-22-26-44)46-29-37-52(38-30-46)66-56(9,12-2)13-3/h17-42,61H,11-16H2,1-10H3,(H,60,62). The predicted molar refractivity (Wildman–Crippen MR) is 271 cm³/mol. The van der Waals surface area contributed by atoms with Gasteiger partial charge in [-0.2, -0.15) is 0 Å². The zero-order chi connectivity index (χ0) is 47.6. The Morgan fingerprint density at radius 3 is 1.30 bits per heavy atom. The van der Waals surface area contributed by atoms with Gasteiger partial charge in [-0.15, -0.1) is 0 Å². The Kier molecular flexibility index (Phi) is 15.5. The second kappa shape index (κ2) is 20.9. The van der Waals surface area contributed by atoms with E-state index in [0.717, 1.165) is 58.6 Å². The monoisotopic (exact) mass is 887 g/mol. The molecular formula is C59H70N2O5. The van der Waals surface area contributed by atoms with Gasteiger partial charge in [-0.1, -0.05) is 140 Å². The van der Waals surface area contributed by atoms with Crippen LogP contribution in [0.4, 0.5) is 11.4 Å². The molecular weight excluding hydrogens is 817 g/mol. The molecule has 0 spiro atoms. The number of esters is 1. The molecule has 2 N–H and O–H groups in total. The van der Waals surface area contributed by atoms with E-state index < -0.39 is 21.8 Å². The summed E-state index contributed by atoms with van der Waals surface area (Å²) in [5.41, 5.74) is 3.10. The van der Waals surface area contributed by atoms with E-state index in [0.29, 0.717) is 36.5 Å². The molecule has 0 saturated carbocycles. The van der Waals surface area contributed by atoms with Crippen LogP contribution in [0.2, 0.25) is 0 Å². The SMILES string of the molecule is CCC(C)(CC)Oc1ccc(C(c2ccccc2)(c2ccccc2)c2ccc(OC(=O)C(C)(CC)C(CC)(CC)Nc3ccc(Oc4ccc(NC(=O)C(C)(C)CC)cc4)cc3)cc2)cc1. The van der Waals surface area contributed by atoms with Crippen LogP contribution in [-0.4, -0.2) is 23.0 Å². The van der Waals surface area contributed by atoms with E-state index in [1.165, 1.54) is 0 Å². The molecule has 0 saturated heterocycles. The minimum absolute atomic E-state index is 0.0146. The third kappa shape index (κ3) is 10.2. The Morgan fingerprint density at radius 2 is 0.879 bits per heavy atom. The van der Waals surface area contributed by atoms with Crippen molar-refractivity contribution in [1.82, 2.24) is 0 Å². The fourth-order valence-corrected chi connectivity index (χ4v) is 8.93. The van der Waals surface area contributed by atoms with Gasteiger partial charge in [-0.25, -0.2) is 0 Å². The van der Waals surface area contributed by atoms with Crippen LogP contribution in [-0.2, 0) is 15.0 Å². The summed E-state index contributed by atoms with van der Waals surface area (Å²) in [5, 5.41) is 6.78. The molecule has 0 aliphatic rings. The van der Waals surface area contributed by atoms with E-state index in [2.05, 4.69) is 137 Å². The maximum atomic E-state index is 14.6. The van der Waals surface area contributed by atoms with Crippen LogP contribution in [0.15, 0.2) is 158 Å². The Morgan fingerprint density at radius 1 is 0.455 bits per heavy atom. The average molecular weight is 887 g/mol. The van der Waals surface area contributed by atoms with E-state index in [9.17, 15) is 9.59 Å². The van der Waals surface area contributed by atoms with Crippen LogP contribution < -0.4 is 24.8 Å². The van der Waals surface area contributed by atoms with Crippen molar-refractivity contribution in [1.29, 1.82) is 0 Å². The lowest BCUT2D eigenvalue weighted by Crippen LogP contribution is -2.57. The van der Waals surface area contributed by atoms with Crippen LogP contribution in [0, 0.1) is 10.8 Å². The topological polar surface area (TPSA) is 85.9 Å². The highest BCUT2D eigenvalue weighted by atomic mass is 16.5. The number of carbonyl (C=O) groups is 2. The molecule has 346 valence electrons. The lowest BCUT2D eigenvalue weighted by atomic mass is 9.65. The van der Waals surface area contributed by atoms with Crippen LogP contribution in [0.25, 0.3) is 0 Å². The molecule has 1 atom stereocenters. The summed E-state index contributed by atoms with van der Waals surface area (Å²) in [6.07, 6.45) is 4.51. The van der Waals surface area contributed by atoms with Gasteiger partial charge in [0.15, 0.2) is 0 Å². The van der Waals surface area contributed by atoms with Crippen molar-refractivity contribution < 1.29 is 23.8 Å². The molecule has 6 aromatic carbocycles. The average Bonchev–Trinajstić information content (AvgIpc) is 3.35. The van der Waals surface area contributed by atoms with Crippen molar-refractivity contribution in [2.24, 2.45) is 10.8 Å². The first-order valence-corrected chi connectivity index (χ1v) is 23.9. The summed E-state index contributed by atoms with van der Waals surface area (Å²) >= 11 is 0. The largest absolute Gasteiger partial charge is 0.488 e. The van der Waals surface area contributed by atoms with Gasteiger partial charge in [-0.05, 0) is 147 Å². The molecule has 0 bridgehead atoms. The summed E-state index contributed by atoms with van der Waals surface area (Å²) in [7, 11) is 0. The molecule has 66 heavy (non-hydrogen) atoms. The van der Waals surface area contributed by atoms with Crippen LogP contribution >= 0.6 is 0 Å². The van der Waals surface area contributed by atoms with Crippen LogP contribution in [0.1, 0.15) is 130 Å². The minimum Gasteiger partial charge on any atom is -0.488 e. The summed E-state index contributed by atoms with van der Waals surface area (Å²) in [6, 6.07) is 52.9. The molecule has 0 fully saturated rings. The Hall–Kier alpha value is -6.34. The number of nitrogens with one attached hydrogen (secondary N) is 2. The van der Waals surface area contributed by atoms with Crippen molar-refractivity contribution >= 4 is 23.3 Å². The normalized spacial score (nSPS) is 13.0. The molecule has 6 rings (SSSR count). The van der Waals surface area contributed by atoms with Crippen molar-refractivity contribution in [2.45, 2.75) is 124 Å². The van der Waals surface area contributed by atoms with Crippen molar-refractivity contribution in [2.75, 3.05) is 10.6 Å². The van der Waals surface area contributed by atoms with E-state index in [-0.39, 0.29) is 17.5 Å². The Labute approximate surface area is 394 Å². The highest BCUT2D eigenvalue weighted by molar-refractivity contribution is 5.94. The first-order chi connectivity index (χ1) is 31.6. The molecule has 7 heteroatoms. The van der Waals surface area contributed by atoms with Crippen molar-refractivity contribution in [3.05, 3.63) is 180 Å². The fraction of sp³-hybridized carbons (Fsp3) is 0.356. The number of benzene rings is 6. The molecule has 0 aliphatic heterocycles. The maximum absolute atomic E-state index is 14.6. The second-order valence-electron chi connectivity index (χ2n) is 18.6. The lowest BCUT2D eigenvalue weighted by Gasteiger charge is -2.47. The first-order valence-electron chi connectivity index (χ1n) is 23.9. The number of anilines is 2. The number of hydrogen-bond donors (Lipinski definition) is 2. The molecule has 0 radical (unpaired) electrons. The summed E-state index contributed by atoms with van der Waals surface area (Å²) < 4.78 is 19.1. The zero-order valence-corrected chi connectivity index (χ0v) is 40.8. The number of carbonyl (C=O) groups excluding carboxylic acids is 2. The molecule has 0 heterocycles. The Balaban J connectivity index is 1.24. The van der Waals surface area contributed by atoms with E-state index in [4.69, 9.17) is 14.2 Å². The molecule has 7 nitrogen and oxygen atoms in total. The first kappa shape index (κ1) is 49.1. The second-order valence-corrected chi connectivity index (χ2v) is 18.6. The predicted octanol–water partition coefficient (Wildman–Crippen LogP) is 15.2. The Bertz CT molecular complexity index is 2430. The van der Waals surface area contributed by atoms with Gasteiger partial charge in [0.05, 0.1) is 16.4 Å². The van der Waals surface area contributed by atoms with E-state index in [1.54, 1.807) is 0 Å². The maximum Gasteiger partial charge on any atom is 0.319 e.